The van der Waals surface area contributed by atoms with Crippen LogP contribution in [0.25, 0.3) is 6.08 Å². The molecule has 124 valence electrons. The van der Waals surface area contributed by atoms with Crippen molar-refractivity contribution in [2.45, 2.75) is 32.6 Å². The molecule has 0 radical (unpaired) electrons. The van der Waals surface area contributed by atoms with Crippen molar-refractivity contribution in [1.29, 1.82) is 0 Å². The van der Waals surface area contributed by atoms with Crippen LogP contribution in [0.2, 0.25) is 0 Å². The summed E-state index contributed by atoms with van der Waals surface area (Å²) in [7, 11) is 0. The highest BCUT2D eigenvalue weighted by atomic mass is 16.2. The third kappa shape index (κ3) is 6.16. The lowest BCUT2D eigenvalue weighted by Gasteiger charge is -2.03. The quantitative estimate of drug-likeness (QED) is 0.443. The SMILES string of the molecule is CCCCCC(/C=N\NC(=O)c1ccccn1)=C\c1ccccc1. The van der Waals surface area contributed by atoms with Crippen LogP contribution in [0.4, 0.5) is 0 Å². The zero-order chi connectivity index (χ0) is 17.0. The summed E-state index contributed by atoms with van der Waals surface area (Å²) >= 11 is 0. The molecule has 2 rings (SSSR count). The first-order chi connectivity index (χ1) is 11.8. The Morgan fingerprint density at radius 1 is 1.12 bits per heavy atom. The summed E-state index contributed by atoms with van der Waals surface area (Å²) in [5, 5.41) is 4.09. The maximum absolute atomic E-state index is 11.9. The number of allylic oxidation sites excluding steroid dienone is 1. The van der Waals surface area contributed by atoms with Crippen LogP contribution in [0, 0.1) is 0 Å². The molecule has 0 bridgehead atoms. The zero-order valence-electron chi connectivity index (χ0n) is 14.0. The van der Waals surface area contributed by atoms with E-state index in [0.29, 0.717) is 5.69 Å². The molecule has 1 heterocycles. The first-order valence-electron chi connectivity index (χ1n) is 8.29. The Bertz CT molecular complexity index is 679. The van der Waals surface area contributed by atoms with Crippen molar-refractivity contribution in [2.24, 2.45) is 5.10 Å². The molecule has 1 N–H and O–H groups in total. The maximum atomic E-state index is 11.9. The fourth-order valence-electron chi connectivity index (χ4n) is 2.24. The molecule has 0 spiro atoms. The van der Waals surface area contributed by atoms with Gasteiger partial charge in [0, 0.05) is 6.20 Å². The number of amides is 1. The molecule has 0 aliphatic rings. The molecule has 0 atom stereocenters. The Hall–Kier alpha value is -2.75. The molecule has 0 fully saturated rings. The van der Waals surface area contributed by atoms with Gasteiger partial charge < -0.3 is 0 Å². The Morgan fingerprint density at radius 3 is 2.62 bits per heavy atom. The van der Waals surface area contributed by atoms with Crippen molar-refractivity contribution in [3.05, 3.63) is 71.6 Å². The summed E-state index contributed by atoms with van der Waals surface area (Å²) in [5.74, 6) is -0.306. The topological polar surface area (TPSA) is 54.4 Å². The molecular formula is C20H23N3O. The minimum Gasteiger partial charge on any atom is -0.266 e. The number of hydrazone groups is 1. The first-order valence-corrected chi connectivity index (χ1v) is 8.29. The summed E-state index contributed by atoms with van der Waals surface area (Å²) in [6.07, 6.45) is 9.81. The Kier molecular flexibility index (Phi) is 7.41. The molecule has 0 saturated carbocycles. The van der Waals surface area contributed by atoms with Crippen molar-refractivity contribution in [1.82, 2.24) is 10.4 Å². The minimum atomic E-state index is -0.306. The number of unbranched alkanes of at least 4 members (excludes halogenated alkanes) is 2. The molecule has 0 saturated heterocycles. The Balaban J connectivity index is 2.01. The van der Waals surface area contributed by atoms with Gasteiger partial charge in [-0.1, -0.05) is 62.2 Å². The molecule has 4 nitrogen and oxygen atoms in total. The third-order valence-electron chi connectivity index (χ3n) is 3.51. The molecule has 1 aromatic carbocycles. The van der Waals surface area contributed by atoms with E-state index in [-0.39, 0.29) is 5.91 Å². The van der Waals surface area contributed by atoms with Crippen molar-refractivity contribution in [2.75, 3.05) is 0 Å². The average molecular weight is 321 g/mol. The minimum absolute atomic E-state index is 0.306. The number of hydrogen-bond donors (Lipinski definition) is 1. The van der Waals surface area contributed by atoms with E-state index in [1.807, 2.05) is 18.2 Å². The summed E-state index contributed by atoms with van der Waals surface area (Å²) in [6, 6.07) is 15.3. The summed E-state index contributed by atoms with van der Waals surface area (Å²) < 4.78 is 0. The van der Waals surface area contributed by atoms with E-state index in [2.05, 4.69) is 40.6 Å². The monoisotopic (exact) mass is 321 g/mol. The highest BCUT2D eigenvalue weighted by Crippen LogP contribution is 2.12. The van der Waals surface area contributed by atoms with Crippen LogP contribution in [0.1, 0.15) is 48.7 Å². The fraction of sp³-hybridized carbons (Fsp3) is 0.250. The summed E-state index contributed by atoms with van der Waals surface area (Å²) in [6.45, 7) is 2.18. The second-order valence-corrected chi connectivity index (χ2v) is 5.50. The van der Waals surface area contributed by atoms with E-state index in [9.17, 15) is 4.79 Å². The van der Waals surface area contributed by atoms with Gasteiger partial charge in [-0.15, -0.1) is 0 Å². The molecule has 24 heavy (non-hydrogen) atoms. The smallest absolute Gasteiger partial charge is 0.266 e. The maximum Gasteiger partial charge on any atom is 0.289 e. The van der Waals surface area contributed by atoms with Gasteiger partial charge in [-0.2, -0.15) is 5.10 Å². The second kappa shape index (κ2) is 10.1. The number of pyridine rings is 1. The van der Waals surface area contributed by atoms with Crippen molar-refractivity contribution in [3.63, 3.8) is 0 Å². The van der Waals surface area contributed by atoms with Crippen LogP contribution in [0.15, 0.2) is 65.4 Å². The number of nitrogens with zero attached hydrogens (tertiary/aromatic N) is 2. The number of nitrogens with one attached hydrogen (secondary N) is 1. The van der Waals surface area contributed by atoms with Crippen molar-refractivity contribution >= 4 is 18.2 Å². The molecule has 2 aromatic rings. The molecule has 4 heteroatoms. The van der Waals surface area contributed by atoms with Crippen LogP contribution >= 0.6 is 0 Å². The Labute approximate surface area is 143 Å². The lowest BCUT2D eigenvalue weighted by molar-refractivity contribution is 0.0950. The van der Waals surface area contributed by atoms with Crippen LogP contribution in [-0.4, -0.2) is 17.1 Å². The van der Waals surface area contributed by atoms with E-state index in [4.69, 9.17) is 0 Å². The first kappa shape index (κ1) is 17.6. The van der Waals surface area contributed by atoms with E-state index in [1.165, 1.54) is 12.8 Å². The Morgan fingerprint density at radius 2 is 1.92 bits per heavy atom. The number of aromatic nitrogens is 1. The van der Waals surface area contributed by atoms with Gasteiger partial charge in [0.05, 0.1) is 6.21 Å². The summed E-state index contributed by atoms with van der Waals surface area (Å²) in [5.41, 5.74) is 5.11. The standard InChI is InChI=1S/C20H23N3O/c1-2-3-5-12-18(15-17-10-6-4-7-11-17)16-22-23-20(24)19-13-8-9-14-21-19/h4,6-11,13-16H,2-3,5,12H2,1H3,(H,23,24)/b18-15+,22-16-. The van der Waals surface area contributed by atoms with Crippen LogP contribution < -0.4 is 5.43 Å². The molecule has 0 aliphatic carbocycles. The lowest BCUT2D eigenvalue weighted by Crippen LogP contribution is -2.18. The number of carbonyl (C=O) groups is 1. The zero-order valence-corrected chi connectivity index (χ0v) is 14.0. The molecule has 0 unspecified atom stereocenters. The van der Waals surface area contributed by atoms with Gasteiger partial charge in [-0.05, 0) is 36.1 Å². The third-order valence-corrected chi connectivity index (χ3v) is 3.51. The summed E-state index contributed by atoms with van der Waals surface area (Å²) in [4.78, 5) is 15.9. The van der Waals surface area contributed by atoms with Gasteiger partial charge >= 0.3 is 0 Å². The predicted molar refractivity (Wildman–Crippen MR) is 98.8 cm³/mol. The number of benzene rings is 1. The molecule has 0 aliphatic heterocycles. The van der Waals surface area contributed by atoms with Gasteiger partial charge in [0.2, 0.25) is 0 Å². The highest BCUT2D eigenvalue weighted by Gasteiger charge is 2.03. The predicted octanol–water partition coefficient (Wildman–Crippen LogP) is 4.46. The fourth-order valence-corrected chi connectivity index (χ4v) is 2.24. The van der Waals surface area contributed by atoms with Gasteiger partial charge in [0.25, 0.3) is 5.91 Å². The van der Waals surface area contributed by atoms with Gasteiger partial charge in [-0.3, -0.25) is 9.78 Å². The van der Waals surface area contributed by atoms with E-state index in [1.54, 1.807) is 30.6 Å². The van der Waals surface area contributed by atoms with Gasteiger partial charge in [0.15, 0.2) is 0 Å². The van der Waals surface area contributed by atoms with Crippen LogP contribution in [-0.2, 0) is 0 Å². The van der Waals surface area contributed by atoms with Crippen molar-refractivity contribution in [3.8, 4) is 0 Å². The highest BCUT2D eigenvalue weighted by molar-refractivity contribution is 5.93. The lowest BCUT2D eigenvalue weighted by atomic mass is 10.1. The molecule has 1 aromatic heterocycles. The van der Waals surface area contributed by atoms with E-state index < -0.39 is 0 Å². The number of carbonyl (C=O) groups excluding carboxylic acids is 1. The normalized spacial score (nSPS) is 11.6. The van der Waals surface area contributed by atoms with E-state index >= 15 is 0 Å². The van der Waals surface area contributed by atoms with Gasteiger partial charge in [0.1, 0.15) is 5.69 Å². The van der Waals surface area contributed by atoms with Crippen LogP contribution in [0.3, 0.4) is 0 Å². The van der Waals surface area contributed by atoms with E-state index in [0.717, 1.165) is 24.0 Å². The largest absolute Gasteiger partial charge is 0.289 e. The number of hydrogen-bond acceptors (Lipinski definition) is 3. The molecular weight excluding hydrogens is 298 g/mol. The van der Waals surface area contributed by atoms with Crippen LogP contribution in [0.5, 0.6) is 0 Å². The van der Waals surface area contributed by atoms with Crippen molar-refractivity contribution < 1.29 is 4.79 Å². The second-order valence-electron chi connectivity index (χ2n) is 5.50. The molecule has 1 amide bonds. The average Bonchev–Trinajstić information content (AvgIpc) is 2.63. The number of rotatable bonds is 8. The van der Waals surface area contributed by atoms with Gasteiger partial charge in [-0.25, -0.2) is 5.43 Å².